The van der Waals surface area contributed by atoms with E-state index in [-0.39, 0.29) is 22.4 Å². The summed E-state index contributed by atoms with van der Waals surface area (Å²) in [5.74, 6) is -2.08. The van der Waals surface area contributed by atoms with E-state index in [4.69, 9.17) is 14.2 Å². The quantitative estimate of drug-likeness (QED) is 0.497. The van der Waals surface area contributed by atoms with Gasteiger partial charge in [0, 0.05) is 24.3 Å². The highest BCUT2D eigenvalue weighted by Gasteiger charge is 2.27. The fourth-order valence-corrected chi connectivity index (χ4v) is 3.65. The number of hydrogen-bond donors (Lipinski definition) is 0. The van der Waals surface area contributed by atoms with Gasteiger partial charge in [-0.05, 0) is 56.7 Å². The summed E-state index contributed by atoms with van der Waals surface area (Å²) in [6.07, 6.45) is 1.94. The second-order valence-corrected chi connectivity index (χ2v) is 7.16. The van der Waals surface area contributed by atoms with E-state index >= 15 is 0 Å². The Morgan fingerprint density at radius 2 is 1.83 bits per heavy atom. The average molecular weight is 408 g/mol. The third-order valence-corrected chi connectivity index (χ3v) is 5.25. The largest absolute Gasteiger partial charge is 0.491 e. The van der Waals surface area contributed by atoms with Crippen molar-refractivity contribution in [2.24, 2.45) is 5.92 Å². The van der Waals surface area contributed by atoms with Gasteiger partial charge in [-0.25, -0.2) is 13.2 Å². The van der Waals surface area contributed by atoms with Crippen LogP contribution in [0.4, 0.5) is 13.2 Å². The van der Waals surface area contributed by atoms with Crippen molar-refractivity contribution in [2.45, 2.75) is 39.2 Å². The predicted molar refractivity (Wildman–Crippen MR) is 105 cm³/mol. The Kier molecular flexibility index (Phi) is 7.56. The molecule has 158 valence electrons. The number of hydrogen-bond acceptors (Lipinski definition) is 3. The van der Waals surface area contributed by atoms with Crippen LogP contribution in [-0.4, -0.2) is 26.4 Å². The first kappa shape index (κ1) is 21.7. The van der Waals surface area contributed by atoms with E-state index in [1.54, 1.807) is 6.92 Å². The molecule has 0 radical (unpaired) electrons. The molecule has 6 heteroatoms. The fraction of sp³-hybridized carbons (Fsp3) is 0.478. The Labute approximate surface area is 169 Å². The van der Waals surface area contributed by atoms with Crippen molar-refractivity contribution in [1.82, 2.24) is 0 Å². The monoisotopic (exact) mass is 408 g/mol. The van der Waals surface area contributed by atoms with E-state index in [2.05, 4.69) is 0 Å². The normalized spacial score (nSPS) is 19.3. The summed E-state index contributed by atoms with van der Waals surface area (Å²) in [5.41, 5.74) is 0.481. The number of benzene rings is 2. The Morgan fingerprint density at radius 1 is 1.00 bits per heavy atom. The molecule has 0 aromatic heterocycles. The van der Waals surface area contributed by atoms with Crippen LogP contribution in [0.3, 0.4) is 0 Å². The molecule has 0 saturated carbocycles. The first-order valence-corrected chi connectivity index (χ1v) is 10.1. The Bertz CT molecular complexity index is 817. The highest BCUT2D eigenvalue weighted by Crippen LogP contribution is 2.36. The van der Waals surface area contributed by atoms with E-state index in [0.29, 0.717) is 38.8 Å². The van der Waals surface area contributed by atoms with Crippen molar-refractivity contribution in [3.63, 3.8) is 0 Å². The summed E-state index contributed by atoms with van der Waals surface area (Å²) in [4.78, 5) is 0. The van der Waals surface area contributed by atoms with Crippen molar-refractivity contribution in [3.8, 4) is 16.9 Å². The summed E-state index contributed by atoms with van der Waals surface area (Å²) >= 11 is 0. The minimum Gasteiger partial charge on any atom is -0.491 e. The molecule has 3 nitrogen and oxygen atoms in total. The number of ether oxygens (including phenoxy) is 3. The summed E-state index contributed by atoms with van der Waals surface area (Å²) < 4.78 is 60.0. The molecule has 1 heterocycles. The second-order valence-electron chi connectivity index (χ2n) is 7.16. The maximum absolute atomic E-state index is 14.8. The number of rotatable bonds is 8. The van der Waals surface area contributed by atoms with Crippen molar-refractivity contribution in [1.29, 1.82) is 0 Å². The summed E-state index contributed by atoms with van der Waals surface area (Å²) in [7, 11) is 0. The molecule has 0 N–H and O–H groups in total. The van der Waals surface area contributed by atoms with Gasteiger partial charge in [0.15, 0.2) is 23.2 Å². The smallest absolute Gasteiger partial charge is 0.167 e. The van der Waals surface area contributed by atoms with E-state index < -0.39 is 23.6 Å². The van der Waals surface area contributed by atoms with Crippen LogP contribution in [0.15, 0.2) is 30.3 Å². The molecule has 2 unspecified atom stereocenters. The Hall–Kier alpha value is -2.05. The van der Waals surface area contributed by atoms with Gasteiger partial charge in [0.1, 0.15) is 0 Å². The molecular weight excluding hydrogens is 381 g/mol. The van der Waals surface area contributed by atoms with Gasteiger partial charge in [-0.3, -0.25) is 0 Å². The van der Waals surface area contributed by atoms with E-state index in [1.165, 1.54) is 24.3 Å². The standard InChI is InChI=1S/C23H27F3O3/c1-3-27-12-11-15-5-9-20(29-14-15)18-8-7-17(22(25)23(18)26)16-6-10-21(28-4-2)19(24)13-16/h6-8,10,13,15,20H,3-5,9,11-12,14H2,1-2H3. The molecule has 29 heavy (non-hydrogen) atoms. The molecule has 0 aliphatic carbocycles. The lowest BCUT2D eigenvalue weighted by Gasteiger charge is -2.29. The van der Waals surface area contributed by atoms with E-state index in [1.807, 2.05) is 6.92 Å². The van der Waals surface area contributed by atoms with Crippen LogP contribution in [0, 0.1) is 23.4 Å². The minimum atomic E-state index is -0.992. The Morgan fingerprint density at radius 3 is 2.48 bits per heavy atom. The highest BCUT2D eigenvalue weighted by molar-refractivity contribution is 5.66. The van der Waals surface area contributed by atoms with Crippen LogP contribution in [-0.2, 0) is 9.47 Å². The second kappa shape index (κ2) is 10.1. The van der Waals surface area contributed by atoms with Crippen molar-refractivity contribution in [3.05, 3.63) is 53.3 Å². The molecule has 2 aromatic carbocycles. The summed E-state index contributed by atoms with van der Waals surface area (Å²) in [6.45, 7) is 5.90. The summed E-state index contributed by atoms with van der Waals surface area (Å²) in [5, 5.41) is 0. The van der Waals surface area contributed by atoms with Crippen molar-refractivity contribution < 1.29 is 27.4 Å². The lowest BCUT2D eigenvalue weighted by atomic mass is 9.91. The zero-order valence-electron chi connectivity index (χ0n) is 16.8. The van der Waals surface area contributed by atoms with Gasteiger partial charge in [0.05, 0.1) is 19.3 Å². The lowest BCUT2D eigenvalue weighted by molar-refractivity contribution is -0.0278. The van der Waals surface area contributed by atoms with Crippen molar-refractivity contribution >= 4 is 0 Å². The fourth-order valence-electron chi connectivity index (χ4n) is 3.65. The third kappa shape index (κ3) is 5.11. The zero-order chi connectivity index (χ0) is 20.8. The highest BCUT2D eigenvalue weighted by atomic mass is 19.2. The van der Waals surface area contributed by atoms with Gasteiger partial charge in [0.2, 0.25) is 0 Å². The lowest BCUT2D eigenvalue weighted by Crippen LogP contribution is -2.22. The summed E-state index contributed by atoms with van der Waals surface area (Å²) in [6, 6.07) is 7.11. The van der Waals surface area contributed by atoms with Crippen LogP contribution < -0.4 is 4.74 Å². The molecule has 0 spiro atoms. The van der Waals surface area contributed by atoms with Crippen LogP contribution in [0.5, 0.6) is 5.75 Å². The maximum atomic E-state index is 14.8. The Balaban J connectivity index is 1.73. The molecule has 0 bridgehead atoms. The minimum absolute atomic E-state index is 0.0126. The van der Waals surface area contributed by atoms with Gasteiger partial charge >= 0.3 is 0 Å². The van der Waals surface area contributed by atoms with Gasteiger partial charge in [-0.15, -0.1) is 0 Å². The van der Waals surface area contributed by atoms with Gasteiger partial charge in [-0.2, -0.15) is 0 Å². The zero-order valence-corrected chi connectivity index (χ0v) is 16.8. The molecule has 1 saturated heterocycles. The molecule has 1 aliphatic rings. The van der Waals surface area contributed by atoms with Gasteiger partial charge < -0.3 is 14.2 Å². The molecule has 1 fully saturated rings. The van der Waals surface area contributed by atoms with E-state index in [0.717, 1.165) is 18.9 Å². The average Bonchev–Trinajstić information content (AvgIpc) is 2.73. The van der Waals surface area contributed by atoms with Crippen molar-refractivity contribution in [2.75, 3.05) is 26.4 Å². The topological polar surface area (TPSA) is 27.7 Å². The molecule has 2 aromatic rings. The molecule has 2 atom stereocenters. The SMILES string of the molecule is CCOCCC1CCC(c2ccc(-c3ccc(OCC)c(F)c3)c(F)c2F)OC1. The van der Waals surface area contributed by atoms with Crippen LogP contribution in [0.25, 0.3) is 11.1 Å². The molecule has 1 aliphatic heterocycles. The first-order chi connectivity index (χ1) is 14.0. The van der Waals surface area contributed by atoms with Crippen LogP contribution >= 0.6 is 0 Å². The van der Waals surface area contributed by atoms with Gasteiger partial charge in [-0.1, -0.05) is 18.2 Å². The molecule has 0 amide bonds. The van der Waals surface area contributed by atoms with Crippen LogP contribution in [0.2, 0.25) is 0 Å². The maximum Gasteiger partial charge on any atom is 0.167 e. The van der Waals surface area contributed by atoms with Gasteiger partial charge in [0.25, 0.3) is 0 Å². The first-order valence-electron chi connectivity index (χ1n) is 10.1. The van der Waals surface area contributed by atoms with Crippen LogP contribution in [0.1, 0.15) is 44.8 Å². The third-order valence-electron chi connectivity index (χ3n) is 5.25. The molecular formula is C23H27F3O3. The predicted octanol–water partition coefficient (Wildman–Crippen LogP) is 6.06. The number of halogens is 3. The van der Waals surface area contributed by atoms with E-state index in [9.17, 15) is 13.2 Å². The molecule has 3 rings (SSSR count).